The Morgan fingerprint density at radius 2 is 1.84 bits per heavy atom. The Kier molecular flexibility index (Phi) is 5.65. The van der Waals surface area contributed by atoms with Crippen LogP contribution >= 0.6 is 0 Å². The number of ketones is 1. The van der Waals surface area contributed by atoms with Crippen molar-refractivity contribution in [3.05, 3.63) is 91.6 Å². The molecular formula is C23H22F2N4O3. The first-order valence-corrected chi connectivity index (χ1v) is 10.2. The highest BCUT2D eigenvalue weighted by molar-refractivity contribution is 6.02. The van der Waals surface area contributed by atoms with E-state index in [2.05, 4.69) is 0 Å². The van der Waals surface area contributed by atoms with Gasteiger partial charge in [-0.15, -0.1) is 0 Å². The van der Waals surface area contributed by atoms with Gasteiger partial charge in [-0.25, -0.2) is 13.6 Å². The molecule has 3 aromatic rings. The number of nitrogens with zero attached hydrogens (tertiary/aromatic N) is 3. The summed E-state index contributed by atoms with van der Waals surface area (Å²) in [6.07, 6.45) is 1.09. The van der Waals surface area contributed by atoms with E-state index in [9.17, 15) is 23.2 Å². The van der Waals surface area contributed by atoms with Crippen LogP contribution in [0.25, 0.3) is 0 Å². The van der Waals surface area contributed by atoms with E-state index in [0.717, 1.165) is 16.2 Å². The summed E-state index contributed by atoms with van der Waals surface area (Å²) in [5.41, 5.74) is 5.76. The standard InChI is InChI=1S/C23H22F2N4O3/c1-27-22(31)19(21(26)29(23(27)32)12-14-6-3-2-4-7-14)18(30)13-28-9-5-8-15-10-16(24)11-17(25)20(15)28/h2-4,6-7,10-11H,5,8-9,12-13,26H2,1H3. The Labute approximate surface area is 182 Å². The molecule has 2 heterocycles. The monoisotopic (exact) mass is 440 g/mol. The summed E-state index contributed by atoms with van der Waals surface area (Å²) in [5, 5.41) is 0. The van der Waals surface area contributed by atoms with Crippen molar-refractivity contribution in [1.29, 1.82) is 0 Å². The lowest BCUT2D eigenvalue weighted by atomic mass is 10.00. The number of carbonyl (C=O) groups is 1. The van der Waals surface area contributed by atoms with E-state index in [0.29, 0.717) is 24.9 Å². The van der Waals surface area contributed by atoms with Crippen LogP contribution in [-0.2, 0) is 20.0 Å². The van der Waals surface area contributed by atoms with E-state index >= 15 is 0 Å². The van der Waals surface area contributed by atoms with Crippen LogP contribution in [0, 0.1) is 11.6 Å². The molecule has 1 aliphatic rings. The van der Waals surface area contributed by atoms with Crippen molar-refractivity contribution in [3.8, 4) is 0 Å². The van der Waals surface area contributed by atoms with Gasteiger partial charge >= 0.3 is 5.69 Å². The van der Waals surface area contributed by atoms with Crippen LogP contribution in [0.5, 0.6) is 0 Å². The molecule has 2 N–H and O–H groups in total. The highest BCUT2D eigenvalue weighted by Crippen LogP contribution is 2.31. The van der Waals surface area contributed by atoms with E-state index in [1.165, 1.54) is 22.6 Å². The molecule has 0 spiro atoms. The summed E-state index contributed by atoms with van der Waals surface area (Å²) in [6, 6.07) is 11.0. The number of nitrogens with two attached hydrogens (primary N) is 1. The zero-order valence-electron chi connectivity index (χ0n) is 17.5. The van der Waals surface area contributed by atoms with E-state index in [4.69, 9.17) is 5.73 Å². The Hall–Kier alpha value is -3.75. The van der Waals surface area contributed by atoms with Gasteiger partial charge in [0.1, 0.15) is 23.0 Å². The number of aryl methyl sites for hydroxylation is 1. The van der Waals surface area contributed by atoms with Gasteiger partial charge in [-0.1, -0.05) is 30.3 Å². The second kappa shape index (κ2) is 8.41. The number of hydrogen-bond acceptors (Lipinski definition) is 5. The average molecular weight is 440 g/mol. The Balaban J connectivity index is 1.73. The minimum atomic E-state index is -0.807. The fourth-order valence-corrected chi connectivity index (χ4v) is 4.11. The van der Waals surface area contributed by atoms with Crippen molar-refractivity contribution >= 4 is 17.3 Å². The molecule has 0 fully saturated rings. The molecule has 166 valence electrons. The number of halogens is 2. The maximum Gasteiger partial charge on any atom is 0.332 e. The van der Waals surface area contributed by atoms with Crippen LogP contribution in [0.1, 0.15) is 27.9 Å². The van der Waals surface area contributed by atoms with E-state index in [1.807, 2.05) is 6.07 Å². The number of carbonyl (C=O) groups excluding carboxylic acids is 1. The summed E-state index contributed by atoms with van der Waals surface area (Å²) in [7, 11) is 1.28. The summed E-state index contributed by atoms with van der Waals surface area (Å²) in [5.74, 6) is -2.31. The number of anilines is 2. The van der Waals surface area contributed by atoms with Crippen molar-refractivity contribution in [2.24, 2.45) is 7.05 Å². The Bertz CT molecular complexity index is 1320. The topological polar surface area (TPSA) is 90.3 Å². The molecule has 0 unspecified atom stereocenters. The number of aromatic nitrogens is 2. The lowest BCUT2D eigenvalue weighted by Gasteiger charge is -2.31. The molecule has 0 radical (unpaired) electrons. The van der Waals surface area contributed by atoms with Gasteiger partial charge in [-0.3, -0.25) is 18.7 Å². The molecule has 32 heavy (non-hydrogen) atoms. The molecule has 0 saturated carbocycles. The van der Waals surface area contributed by atoms with Crippen LogP contribution in [0.2, 0.25) is 0 Å². The molecule has 4 rings (SSSR count). The first-order valence-electron chi connectivity index (χ1n) is 10.2. The molecule has 0 atom stereocenters. The second-order valence-electron chi connectivity index (χ2n) is 7.82. The van der Waals surface area contributed by atoms with Crippen molar-refractivity contribution in [1.82, 2.24) is 9.13 Å². The number of fused-ring (bicyclic) bond motifs is 1. The lowest BCUT2D eigenvalue weighted by Crippen LogP contribution is -2.44. The largest absolute Gasteiger partial charge is 0.384 e. The minimum Gasteiger partial charge on any atom is -0.384 e. The number of benzene rings is 2. The molecule has 0 aliphatic carbocycles. The normalized spacial score (nSPS) is 13.2. The molecule has 0 amide bonds. The average Bonchev–Trinajstić information content (AvgIpc) is 2.76. The fourth-order valence-electron chi connectivity index (χ4n) is 4.11. The van der Waals surface area contributed by atoms with E-state index in [-0.39, 0.29) is 30.2 Å². The van der Waals surface area contributed by atoms with Crippen molar-refractivity contribution in [2.75, 3.05) is 23.7 Å². The maximum atomic E-state index is 14.5. The summed E-state index contributed by atoms with van der Waals surface area (Å²) < 4.78 is 30.1. The summed E-state index contributed by atoms with van der Waals surface area (Å²) in [6.45, 7) is 0.129. The number of nitrogen functional groups attached to an aromatic ring is 1. The smallest absolute Gasteiger partial charge is 0.332 e. The van der Waals surface area contributed by atoms with Crippen molar-refractivity contribution in [3.63, 3.8) is 0 Å². The SMILES string of the molecule is Cn1c(=O)c(C(=O)CN2CCCc3cc(F)cc(F)c32)c(N)n(Cc2ccccc2)c1=O. The van der Waals surface area contributed by atoms with Gasteiger partial charge in [0, 0.05) is 19.7 Å². The van der Waals surface area contributed by atoms with Crippen LogP contribution in [0.4, 0.5) is 20.3 Å². The van der Waals surface area contributed by atoms with E-state index < -0.39 is 28.7 Å². The van der Waals surface area contributed by atoms with Crippen LogP contribution < -0.4 is 21.9 Å². The summed E-state index contributed by atoms with van der Waals surface area (Å²) >= 11 is 0. The third-order valence-electron chi connectivity index (χ3n) is 5.68. The number of rotatable bonds is 5. The van der Waals surface area contributed by atoms with Crippen molar-refractivity contribution < 1.29 is 13.6 Å². The van der Waals surface area contributed by atoms with Crippen LogP contribution in [0.3, 0.4) is 0 Å². The van der Waals surface area contributed by atoms with Gasteiger partial charge in [-0.05, 0) is 30.0 Å². The second-order valence-corrected chi connectivity index (χ2v) is 7.82. The zero-order chi connectivity index (χ0) is 23.0. The van der Waals surface area contributed by atoms with Gasteiger partial charge < -0.3 is 10.6 Å². The van der Waals surface area contributed by atoms with Gasteiger partial charge in [0.15, 0.2) is 5.78 Å². The molecule has 1 aliphatic heterocycles. The molecular weight excluding hydrogens is 418 g/mol. The highest BCUT2D eigenvalue weighted by atomic mass is 19.1. The van der Waals surface area contributed by atoms with Gasteiger partial charge in [0.2, 0.25) is 0 Å². The predicted molar refractivity (Wildman–Crippen MR) is 117 cm³/mol. The quantitative estimate of drug-likeness (QED) is 0.614. The lowest BCUT2D eigenvalue weighted by molar-refractivity contribution is 0.0996. The predicted octanol–water partition coefficient (Wildman–Crippen LogP) is 2.09. The Morgan fingerprint density at radius 1 is 1.12 bits per heavy atom. The van der Waals surface area contributed by atoms with Crippen molar-refractivity contribution in [2.45, 2.75) is 19.4 Å². The Morgan fingerprint density at radius 3 is 2.56 bits per heavy atom. The first kappa shape index (κ1) is 21.5. The summed E-state index contributed by atoms with van der Waals surface area (Å²) in [4.78, 5) is 40.1. The zero-order valence-corrected chi connectivity index (χ0v) is 17.5. The van der Waals surface area contributed by atoms with Gasteiger partial charge in [-0.2, -0.15) is 0 Å². The molecule has 2 aromatic carbocycles. The maximum absolute atomic E-state index is 14.5. The highest BCUT2D eigenvalue weighted by Gasteiger charge is 2.27. The first-order chi connectivity index (χ1) is 15.3. The molecule has 7 nitrogen and oxygen atoms in total. The molecule has 9 heteroatoms. The molecule has 0 saturated heterocycles. The third kappa shape index (κ3) is 3.81. The van der Waals surface area contributed by atoms with Crippen LogP contribution in [0.15, 0.2) is 52.1 Å². The molecule has 0 bridgehead atoms. The third-order valence-corrected chi connectivity index (χ3v) is 5.68. The molecule has 1 aromatic heterocycles. The van der Waals surface area contributed by atoms with Crippen LogP contribution in [-0.4, -0.2) is 28.0 Å². The minimum absolute atomic E-state index is 0.0837. The van der Waals surface area contributed by atoms with Gasteiger partial charge in [0.25, 0.3) is 5.56 Å². The van der Waals surface area contributed by atoms with Gasteiger partial charge in [0.05, 0.1) is 18.8 Å². The number of Topliss-reactive ketones (excluding diaryl/α,β-unsaturated/α-hetero) is 1. The fraction of sp³-hybridized carbons (Fsp3) is 0.261. The number of hydrogen-bond donors (Lipinski definition) is 1. The van der Waals surface area contributed by atoms with E-state index in [1.54, 1.807) is 24.3 Å².